The van der Waals surface area contributed by atoms with Crippen LogP contribution in [-0.2, 0) is 4.74 Å². The van der Waals surface area contributed by atoms with E-state index in [0.717, 1.165) is 6.54 Å². The molecular weight excluding hydrogens is 239 g/mol. The number of rotatable bonds is 7. The van der Waals surface area contributed by atoms with Crippen LogP contribution in [0.25, 0.3) is 0 Å². The molecule has 0 atom stereocenters. The average molecular weight is 257 g/mol. The zero-order valence-electron chi connectivity index (χ0n) is 9.40. The fraction of sp³-hybridized carbons (Fsp3) is 1.00. The van der Waals surface area contributed by atoms with Gasteiger partial charge in [0.05, 0.1) is 6.61 Å². The molecule has 0 spiro atoms. The highest BCUT2D eigenvalue weighted by atomic mass is 32.2. The van der Waals surface area contributed by atoms with E-state index in [1.54, 1.807) is 0 Å². The molecule has 0 heterocycles. The normalized spacial score (nSPS) is 19.5. The van der Waals surface area contributed by atoms with Crippen LogP contribution in [0, 0.1) is 0 Å². The molecule has 0 aromatic rings. The Morgan fingerprint density at radius 2 is 2.06 bits per heavy atom. The van der Waals surface area contributed by atoms with Crippen molar-refractivity contribution in [2.24, 2.45) is 0 Å². The first-order valence-corrected chi connectivity index (χ1v) is 6.60. The quantitative estimate of drug-likeness (QED) is 0.708. The lowest BCUT2D eigenvalue weighted by atomic mass is 9.84. The molecule has 1 N–H and O–H groups in total. The van der Waals surface area contributed by atoms with Gasteiger partial charge in [-0.05, 0) is 19.1 Å². The summed E-state index contributed by atoms with van der Waals surface area (Å²) in [6.07, 6.45) is 1.53. The maximum Gasteiger partial charge on any atom is 0.411 e. The minimum absolute atomic E-state index is 0.115. The monoisotopic (exact) mass is 257 g/mol. The van der Waals surface area contributed by atoms with E-state index < -0.39 is 12.8 Å². The molecule has 96 valence electrons. The smallest absolute Gasteiger partial charge is 0.371 e. The van der Waals surface area contributed by atoms with E-state index in [1.807, 2.05) is 11.8 Å². The number of thioether (sulfide) groups is 1. The zero-order chi connectivity index (χ0) is 12.1. The number of alkyl halides is 3. The molecule has 0 saturated heterocycles. The molecule has 16 heavy (non-hydrogen) atoms. The zero-order valence-corrected chi connectivity index (χ0v) is 10.2. The van der Waals surface area contributed by atoms with E-state index in [9.17, 15) is 13.2 Å². The van der Waals surface area contributed by atoms with Gasteiger partial charge in [-0.2, -0.15) is 24.9 Å². The summed E-state index contributed by atoms with van der Waals surface area (Å²) < 4.78 is 40.0. The minimum atomic E-state index is -4.21. The Labute approximate surface area is 98.3 Å². The molecule has 0 amide bonds. The fourth-order valence-electron chi connectivity index (χ4n) is 1.67. The average Bonchev–Trinajstić information content (AvgIpc) is 2.13. The third-order valence-electron chi connectivity index (χ3n) is 2.83. The molecule has 0 aromatic heterocycles. The summed E-state index contributed by atoms with van der Waals surface area (Å²) in [4.78, 5) is 0. The standard InChI is InChI=1S/C10H18F3NOS/c1-16-9(3-2-4-9)7-14-5-6-15-8-10(11,12)13/h14H,2-8H2,1H3. The number of nitrogens with one attached hydrogen (secondary N) is 1. The Morgan fingerprint density at radius 3 is 2.50 bits per heavy atom. The first kappa shape index (κ1) is 14.1. The van der Waals surface area contributed by atoms with Crippen molar-refractivity contribution in [1.29, 1.82) is 0 Å². The summed E-state index contributed by atoms with van der Waals surface area (Å²) in [5.41, 5.74) is 0. The van der Waals surface area contributed by atoms with Gasteiger partial charge in [-0.25, -0.2) is 0 Å². The minimum Gasteiger partial charge on any atom is -0.371 e. The molecule has 0 aromatic carbocycles. The van der Waals surface area contributed by atoms with Gasteiger partial charge < -0.3 is 10.1 Å². The molecule has 0 radical (unpaired) electrons. The Kier molecular flexibility index (Phi) is 5.40. The first-order chi connectivity index (χ1) is 7.47. The van der Waals surface area contributed by atoms with E-state index in [1.165, 1.54) is 19.3 Å². The Balaban J connectivity index is 1.96. The van der Waals surface area contributed by atoms with Crippen LogP contribution < -0.4 is 5.32 Å². The van der Waals surface area contributed by atoms with Gasteiger partial charge in [-0.3, -0.25) is 0 Å². The van der Waals surface area contributed by atoms with Gasteiger partial charge in [0.1, 0.15) is 6.61 Å². The fourth-order valence-corrected chi connectivity index (χ4v) is 2.62. The van der Waals surface area contributed by atoms with Gasteiger partial charge >= 0.3 is 6.18 Å². The number of hydrogen-bond donors (Lipinski definition) is 1. The maximum atomic E-state index is 11.7. The van der Waals surface area contributed by atoms with Crippen LogP contribution in [0.4, 0.5) is 13.2 Å². The van der Waals surface area contributed by atoms with Crippen LogP contribution in [-0.4, -0.2) is 43.5 Å². The summed E-state index contributed by atoms with van der Waals surface area (Å²) in [6, 6.07) is 0. The van der Waals surface area contributed by atoms with E-state index >= 15 is 0 Å². The molecule has 2 nitrogen and oxygen atoms in total. The van der Waals surface area contributed by atoms with Gasteiger partial charge in [0.2, 0.25) is 0 Å². The molecule has 1 fully saturated rings. The second-order valence-electron chi connectivity index (χ2n) is 4.09. The third kappa shape index (κ3) is 4.93. The van der Waals surface area contributed by atoms with Crippen LogP contribution in [0.15, 0.2) is 0 Å². The van der Waals surface area contributed by atoms with Crippen molar-refractivity contribution in [1.82, 2.24) is 5.32 Å². The van der Waals surface area contributed by atoms with Gasteiger partial charge in [-0.1, -0.05) is 6.42 Å². The van der Waals surface area contributed by atoms with Gasteiger partial charge in [0.15, 0.2) is 0 Å². The van der Waals surface area contributed by atoms with Crippen LogP contribution in [0.1, 0.15) is 19.3 Å². The van der Waals surface area contributed by atoms with Crippen molar-refractivity contribution in [2.75, 3.05) is 32.6 Å². The molecule has 1 aliphatic carbocycles. The SMILES string of the molecule is CSC1(CNCCOCC(F)(F)F)CCC1. The van der Waals surface area contributed by atoms with E-state index in [2.05, 4.69) is 16.3 Å². The van der Waals surface area contributed by atoms with Crippen molar-refractivity contribution in [3.8, 4) is 0 Å². The molecule has 1 rings (SSSR count). The Bertz CT molecular complexity index is 201. The highest BCUT2D eigenvalue weighted by molar-refractivity contribution is 8.00. The topological polar surface area (TPSA) is 21.3 Å². The molecule has 0 aliphatic heterocycles. The Hall–Kier alpha value is 0.0600. The highest BCUT2D eigenvalue weighted by Gasteiger charge is 2.35. The highest BCUT2D eigenvalue weighted by Crippen LogP contribution is 2.41. The summed E-state index contributed by atoms with van der Waals surface area (Å²) in [5, 5.41) is 3.15. The van der Waals surface area contributed by atoms with Crippen molar-refractivity contribution in [3.63, 3.8) is 0 Å². The van der Waals surface area contributed by atoms with Crippen LogP contribution in [0.3, 0.4) is 0 Å². The second-order valence-corrected chi connectivity index (χ2v) is 5.36. The van der Waals surface area contributed by atoms with Crippen LogP contribution in [0.5, 0.6) is 0 Å². The van der Waals surface area contributed by atoms with E-state index in [-0.39, 0.29) is 6.61 Å². The van der Waals surface area contributed by atoms with Crippen LogP contribution >= 0.6 is 11.8 Å². The van der Waals surface area contributed by atoms with E-state index in [4.69, 9.17) is 0 Å². The van der Waals surface area contributed by atoms with Gasteiger partial charge in [-0.15, -0.1) is 0 Å². The summed E-state index contributed by atoms with van der Waals surface area (Å²) in [5.74, 6) is 0. The largest absolute Gasteiger partial charge is 0.411 e. The van der Waals surface area contributed by atoms with Crippen molar-refractivity contribution in [2.45, 2.75) is 30.2 Å². The second kappa shape index (κ2) is 6.12. The molecule has 1 saturated carbocycles. The molecule has 0 bridgehead atoms. The summed E-state index contributed by atoms with van der Waals surface area (Å²) in [6.45, 7) is 0.314. The molecule has 0 unspecified atom stereocenters. The number of ether oxygens (including phenoxy) is 1. The van der Waals surface area contributed by atoms with Crippen molar-refractivity contribution in [3.05, 3.63) is 0 Å². The van der Waals surface area contributed by atoms with Gasteiger partial charge in [0.25, 0.3) is 0 Å². The van der Waals surface area contributed by atoms with Gasteiger partial charge in [0, 0.05) is 17.8 Å². The number of hydrogen-bond acceptors (Lipinski definition) is 3. The lowest BCUT2D eigenvalue weighted by Crippen LogP contribution is -2.44. The first-order valence-electron chi connectivity index (χ1n) is 5.38. The predicted molar refractivity (Wildman–Crippen MR) is 59.8 cm³/mol. The van der Waals surface area contributed by atoms with Crippen molar-refractivity contribution >= 4 is 11.8 Å². The summed E-state index contributed by atoms with van der Waals surface area (Å²) >= 11 is 1.84. The molecule has 1 aliphatic rings. The van der Waals surface area contributed by atoms with Crippen LogP contribution in [0.2, 0.25) is 0 Å². The number of halogens is 3. The maximum absolute atomic E-state index is 11.7. The lowest BCUT2D eigenvalue weighted by molar-refractivity contribution is -0.173. The lowest BCUT2D eigenvalue weighted by Gasteiger charge is -2.40. The third-order valence-corrected chi connectivity index (χ3v) is 4.25. The molecule has 6 heteroatoms. The molecular formula is C10H18F3NOS. The summed E-state index contributed by atoms with van der Waals surface area (Å²) in [7, 11) is 0. The van der Waals surface area contributed by atoms with E-state index in [0.29, 0.717) is 11.3 Å². The Morgan fingerprint density at radius 1 is 1.38 bits per heavy atom. The van der Waals surface area contributed by atoms with Crippen molar-refractivity contribution < 1.29 is 17.9 Å². The predicted octanol–water partition coefficient (Wildman–Crippen LogP) is 2.44.